The van der Waals surface area contributed by atoms with Crippen LogP contribution in [-0.2, 0) is 6.18 Å². The highest BCUT2D eigenvalue weighted by Crippen LogP contribution is 2.29. The topological polar surface area (TPSA) is 71.9 Å². The van der Waals surface area contributed by atoms with Crippen LogP contribution in [0.2, 0.25) is 0 Å². The van der Waals surface area contributed by atoms with Gasteiger partial charge in [-0.2, -0.15) is 13.2 Å². The molecule has 0 aliphatic carbocycles. The van der Waals surface area contributed by atoms with Gasteiger partial charge in [0.25, 0.3) is 0 Å². The van der Waals surface area contributed by atoms with Crippen LogP contribution < -0.4 is 10.1 Å². The van der Waals surface area contributed by atoms with E-state index < -0.39 is 17.3 Å². The molecule has 4 rings (SSSR count). The molecule has 25 heavy (non-hydrogen) atoms. The SMILES string of the molecule is O=c1c2ccc3ccccc3[n+]2[nH]n1-c1cccc(C(F)(F)F)c1.[OH-]. The molecule has 0 spiro atoms. The Kier molecular flexibility index (Phi) is 3.84. The van der Waals surface area contributed by atoms with Crippen LogP contribution in [0.15, 0.2) is 65.5 Å². The molecule has 2 heterocycles. The molecule has 0 saturated heterocycles. The number of nitrogens with zero attached hydrogens (tertiary/aromatic N) is 2. The highest BCUT2D eigenvalue weighted by atomic mass is 19.4. The number of H-pyrrole nitrogens is 1. The number of pyridine rings is 1. The lowest BCUT2D eigenvalue weighted by Gasteiger charge is -2.05. The normalized spacial score (nSPS) is 11.6. The summed E-state index contributed by atoms with van der Waals surface area (Å²) in [6.45, 7) is 0. The molecule has 0 unspecified atom stereocenters. The van der Waals surface area contributed by atoms with Gasteiger partial charge in [0.2, 0.25) is 5.52 Å². The summed E-state index contributed by atoms with van der Waals surface area (Å²) in [5, 5.41) is 3.76. The van der Waals surface area contributed by atoms with Crippen molar-refractivity contribution in [3.63, 3.8) is 0 Å². The summed E-state index contributed by atoms with van der Waals surface area (Å²) in [6, 6.07) is 15.5. The third-order valence-electron chi connectivity index (χ3n) is 3.89. The average molecular weight is 347 g/mol. The molecule has 128 valence electrons. The first-order valence-corrected chi connectivity index (χ1v) is 7.17. The minimum Gasteiger partial charge on any atom is -0.870 e. The number of hydrogen-bond donors (Lipinski definition) is 1. The second-order valence-corrected chi connectivity index (χ2v) is 5.40. The van der Waals surface area contributed by atoms with Crippen molar-refractivity contribution in [2.45, 2.75) is 6.18 Å². The lowest BCUT2D eigenvalue weighted by Crippen LogP contribution is -2.25. The van der Waals surface area contributed by atoms with Crippen molar-refractivity contribution in [1.29, 1.82) is 0 Å². The standard InChI is InChI=1S/C17H10F3N3O.H2O/c18-17(19,20)12-5-3-6-13(10-12)22-16(24)15-9-8-11-4-1-2-7-14(11)23(15)21-22;/h1-10H;1H2. The molecule has 8 heteroatoms. The number of halogens is 3. The number of para-hydroxylation sites is 1. The third-order valence-corrected chi connectivity index (χ3v) is 3.89. The Labute approximate surface area is 138 Å². The molecule has 0 radical (unpaired) electrons. The van der Waals surface area contributed by atoms with Gasteiger partial charge in [-0.3, -0.25) is 0 Å². The second-order valence-electron chi connectivity index (χ2n) is 5.40. The van der Waals surface area contributed by atoms with E-state index in [1.54, 1.807) is 16.6 Å². The molecule has 4 aromatic rings. The van der Waals surface area contributed by atoms with Gasteiger partial charge in [0.1, 0.15) is 0 Å². The number of fused-ring (bicyclic) bond motifs is 3. The van der Waals surface area contributed by atoms with Crippen molar-refractivity contribution in [1.82, 2.24) is 9.90 Å². The first-order chi connectivity index (χ1) is 11.4. The van der Waals surface area contributed by atoms with Crippen molar-refractivity contribution in [3.8, 4) is 5.69 Å². The summed E-state index contributed by atoms with van der Waals surface area (Å²) in [4.78, 5) is 12.6. The van der Waals surface area contributed by atoms with E-state index in [1.807, 2.05) is 24.3 Å². The molecule has 5 nitrogen and oxygen atoms in total. The Morgan fingerprint density at radius 1 is 0.920 bits per heavy atom. The van der Waals surface area contributed by atoms with Gasteiger partial charge < -0.3 is 5.48 Å². The molecule has 0 fully saturated rings. The number of hydrogen-bond acceptors (Lipinski definition) is 2. The first-order valence-electron chi connectivity index (χ1n) is 7.17. The molecular formula is C17H12F3N3O2. The Bertz CT molecular complexity index is 1130. The number of nitrogens with one attached hydrogen (secondary N) is 1. The van der Waals surface area contributed by atoms with Crippen LogP contribution >= 0.6 is 0 Å². The van der Waals surface area contributed by atoms with Crippen LogP contribution in [0.1, 0.15) is 5.56 Å². The Morgan fingerprint density at radius 2 is 1.68 bits per heavy atom. The van der Waals surface area contributed by atoms with Crippen molar-refractivity contribution in [2.75, 3.05) is 0 Å². The van der Waals surface area contributed by atoms with Crippen LogP contribution in [-0.4, -0.2) is 15.4 Å². The van der Waals surface area contributed by atoms with E-state index in [-0.39, 0.29) is 11.2 Å². The summed E-state index contributed by atoms with van der Waals surface area (Å²) >= 11 is 0. The van der Waals surface area contributed by atoms with Crippen molar-refractivity contribution in [3.05, 3.63) is 76.6 Å². The Balaban J connectivity index is 0.00000182. The zero-order valence-electron chi connectivity index (χ0n) is 12.7. The maximum atomic E-state index is 12.9. The highest BCUT2D eigenvalue weighted by Gasteiger charge is 2.31. The zero-order chi connectivity index (χ0) is 16.9. The van der Waals surface area contributed by atoms with Crippen molar-refractivity contribution >= 4 is 16.4 Å². The van der Waals surface area contributed by atoms with E-state index in [0.717, 1.165) is 27.7 Å². The van der Waals surface area contributed by atoms with Gasteiger partial charge in [-0.05, 0) is 36.4 Å². The lowest BCUT2D eigenvalue weighted by molar-refractivity contribution is -0.555. The molecule has 0 bridgehead atoms. The van der Waals surface area contributed by atoms with E-state index in [0.29, 0.717) is 5.52 Å². The molecule has 0 atom stereocenters. The predicted octanol–water partition coefficient (Wildman–Crippen LogP) is 2.90. The largest absolute Gasteiger partial charge is 0.870 e. The fourth-order valence-corrected chi connectivity index (χ4v) is 2.74. The van der Waals surface area contributed by atoms with Crippen LogP contribution in [0, 0.1) is 0 Å². The summed E-state index contributed by atoms with van der Waals surface area (Å²) in [6.07, 6.45) is -4.47. The fraction of sp³-hybridized carbons (Fsp3) is 0.0588. The molecule has 2 aromatic carbocycles. The predicted molar refractivity (Wildman–Crippen MR) is 84.0 cm³/mol. The molecule has 0 aliphatic rings. The number of aromatic nitrogens is 3. The molecule has 2 aromatic heterocycles. The summed E-state index contributed by atoms with van der Waals surface area (Å²) < 4.78 is 41.4. The number of alkyl halides is 3. The van der Waals surface area contributed by atoms with Crippen molar-refractivity contribution < 1.29 is 23.2 Å². The van der Waals surface area contributed by atoms with Crippen LogP contribution in [0.4, 0.5) is 13.2 Å². The number of benzene rings is 2. The van der Waals surface area contributed by atoms with Gasteiger partial charge in [-0.15, -0.1) is 4.52 Å². The van der Waals surface area contributed by atoms with E-state index in [4.69, 9.17) is 0 Å². The number of rotatable bonds is 1. The fourth-order valence-electron chi connectivity index (χ4n) is 2.74. The van der Waals surface area contributed by atoms with Gasteiger partial charge in [-0.1, -0.05) is 34.2 Å². The summed E-state index contributed by atoms with van der Waals surface area (Å²) in [7, 11) is 0. The maximum absolute atomic E-state index is 12.9. The van der Waals surface area contributed by atoms with Crippen molar-refractivity contribution in [2.24, 2.45) is 0 Å². The molecule has 0 amide bonds. The minimum atomic E-state index is -4.47. The quantitative estimate of drug-likeness (QED) is 0.538. The smallest absolute Gasteiger partial charge is 0.416 e. The monoisotopic (exact) mass is 347 g/mol. The van der Waals surface area contributed by atoms with E-state index in [1.165, 1.54) is 12.1 Å². The van der Waals surface area contributed by atoms with Gasteiger partial charge in [0, 0.05) is 5.39 Å². The molecule has 2 N–H and O–H groups in total. The second kappa shape index (κ2) is 5.75. The highest BCUT2D eigenvalue weighted by molar-refractivity contribution is 5.76. The molecule has 0 saturated carbocycles. The van der Waals surface area contributed by atoms with E-state index in [2.05, 4.69) is 5.21 Å². The van der Waals surface area contributed by atoms with Crippen LogP contribution in [0.3, 0.4) is 0 Å². The van der Waals surface area contributed by atoms with Crippen LogP contribution in [0.5, 0.6) is 0 Å². The van der Waals surface area contributed by atoms with E-state index >= 15 is 0 Å². The Hall–Kier alpha value is -3.13. The van der Waals surface area contributed by atoms with Gasteiger partial charge in [0.15, 0.2) is 11.2 Å². The van der Waals surface area contributed by atoms with Crippen LogP contribution in [0.25, 0.3) is 22.1 Å². The summed E-state index contributed by atoms with van der Waals surface area (Å²) in [5.74, 6) is 0. The van der Waals surface area contributed by atoms with E-state index in [9.17, 15) is 18.0 Å². The summed E-state index contributed by atoms with van der Waals surface area (Å²) in [5.41, 5.74) is 0.0204. The lowest BCUT2D eigenvalue weighted by atomic mass is 10.2. The van der Waals surface area contributed by atoms with Gasteiger partial charge in [0.05, 0.1) is 5.56 Å². The Morgan fingerprint density at radius 3 is 2.44 bits per heavy atom. The van der Waals surface area contributed by atoms with Gasteiger partial charge in [-0.25, -0.2) is 4.79 Å². The molecule has 0 aliphatic heterocycles. The third kappa shape index (κ3) is 2.66. The average Bonchev–Trinajstić information content (AvgIpc) is 2.92. The van der Waals surface area contributed by atoms with Gasteiger partial charge >= 0.3 is 11.7 Å². The zero-order valence-corrected chi connectivity index (χ0v) is 12.7. The molecular weight excluding hydrogens is 335 g/mol. The first kappa shape index (κ1) is 16.7. The number of aromatic amines is 1. The minimum absolute atomic E-state index is 0. The maximum Gasteiger partial charge on any atom is 0.416 e.